The summed E-state index contributed by atoms with van der Waals surface area (Å²) in [6.45, 7) is 3.88. The van der Waals surface area contributed by atoms with Gasteiger partial charge in [-0.05, 0) is 80.1 Å². The lowest BCUT2D eigenvalue weighted by Gasteiger charge is -2.06. The lowest BCUT2D eigenvalue weighted by molar-refractivity contribution is 0.0997. The van der Waals surface area contributed by atoms with Crippen LogP contribution in [0.5, 0.6) is 0 Å². The van der Waals surface area contributed by atoms with E-state index in [0.29, 0.717) is 25.7 Å². The van der Waals surface area contributed by atoms with Crippen LogP contribution in [0, 0.1) is 13.8 Å². The number of fused-ring (bicyclic) bond motifs is 2. The van der Waals surface area contributed by atoms with Crippen LogP contribution in [0.4, 0.5) is 21.6 Å². The van der Waals surface area contributed by atoms with Crippen molar-refractivity contribution in [3.05, 3.63) is 127 Å². The van der Waals surface area contributed by atoms with E-state index in [4.69, 9.17) is 38.2 Å². The highest BCUT2D eigenvalue weighted by Gasteiger charge is 2.25. The standard InChI is InChI=1S/C36H25BrCl2N8OS2/c1-19-32(46-16-23(38)7-13-29(46)40-19)27-18-49-35(44-27)42-25-9-3-21(4-10-25)15-28(48)34-31(33-20(2)41-30-14-8-24(39)17-47(30)33)45-36(50-34)43-26-11-5-22(37)6-12-26/h3-14,16-18H,15H2,1-2H3,(H,42,44)(H,43,45). The molecule has 0 fully saturated rings. The summed E-state index contributed by atoms with van der Waals surface area (Å²) in [6.07, 6.45) is 3.84. The Kier molecular flexibility index (Phi) is 8.65. The first-order valence-electron chi connectivity index (χ1n) is 15.4. The summed E-state index contributed by atoms with van der Waals surface area (Å²) in [5.74, 6) is -0.0495. The minimum atomic E-state index is -0.0495. The van der Waals surface area contributed by atoms with Crippen molar-refractivity contribution in [1.82, 2.24) is 28.7 Å². The maximum absolute atomic E-state index is 14.0. The molecule has 0 atom stereocenters. The van der Waals surface area contributed by atoms with Gasteiger partial charge in [-0.3, -0.25) is 13.6 Å². The van der Waals surface area contributed by atoms with Crippen molar-refractivity contribution in [3.8, 4) is 22.8 Å². The molecule has 0 saturated carbocycles. The van der Waals surface area contributed by atoms with E-state index in [-0.39, 0.29) is 12.2 Å². The fraction of sp³-hybridized carbons (Fsp3) is 0.0833. The third-order valence-electron chi connectivity index (χ3n) is 8.03. The van der Waals surface area contributed by atoms with Gasteiger partial charge in [0.25, 0.3) is 0 Å². The summed E-state index contributed by atoms with van der Waals surface area (Å²) in [4.78, 5) is 33.7. The molecule has 0 aliphatic carbocycles. The first-order valence-corrected chi connectivity index (χ1v) is 18.6. The molecule has 0 radical (unpaired) electrons. The highest BCUT2D eigenvalue weighted by atomic mass is 79.9. The first-order chi connectivity index (χ1) is 24.2. The number of thiazole rings is 2. The van der Waals surface area contributed by atoms with E-state index >= 15 is 0 Å². The van der Waals surface area contributed by atoms with E-state index < -0.39 is 0 Å². The number of anilines is 4. The van der Waals surface area contributed by atoms with Crippen LogP contribution < -0.4 is 10.6 Å². The smallest absolute Gasteiger partial charge is 0.188 e. The summed E-state index contributed by atoms with van der Waals surface area (Å²) in [5, 5.41) is 11.3. The van der Waals surface area contributed by atoms with Gasteiger partial charge in [-0.25, -0.2) is 19.9 Å². The quantitative estimate of drug-likeness (QED) is 0.140. The molecule has 14 heteroatoms. The Hall–Kier alpha value is -4.59. The summed E-state index contributed by atoms with van der Waals surface area (Å²) in [6, 6.07) is 23.0. The number of imidazole rings is 2. The molecule has 8 rings (SSSR count). The van der Waals surface area contributed by atoms with Gasteiger partial charge in [0.15, 0.2) is 16.0 Å². The van der Waals surface area contributed by atoms with Gasteiger partial charge in [-0.15, -0.1) is 11.3 Å². The molecule has 0 spiro atoms. The fourth-order valence-electron chi connectivity index (χ4n) is 5.78. The van der Waals surface area contributed by atoms with Gasteiger partial charge in [0.05, 0.1) is 32.8 Å². The second kappa shape index (κ2) is 13.3. The minimum absolute atomic E-state index is 0.0495. The average molecular weight is 801 g/mol. The number of ketones is 1. The Morgan fingerprint density at radius 2 is 1.32 bits per heavy atom. The Balaban J connectivity index is 1.05. The molecule has 0 amide bonds. The number of aryl methyl sites for hydroxylation is 2. The van der Waals surface area contributed by atoms with Gasteiger partial charge in [0.1, 0.15) is 27.6 Å². The predicted octanol–water partition coefficient (Wildman–Crippen LogP) is 10.8. The molecule has 0 unspecified atom stereocenters. The Morgan fingerprint density at radius 3 is 1.98 bits per heavy atom. The van der Waals surface area contributed by atoms with Crippen molar-refractivity contribution < 1.29 is 4.79 Å². The van der Waals surface area contributed by atoms with Crippen molar-refractivity contribution >= 4 is 101 Å². The molecule has 6 heterocycles. The van der Waals surface area contributed by atoms with Crippen LogP contribution in [0.1, 0.15) is 26.6 Å². The number of hydrogen-bond acceptors (Lipinski definition) is 9. The molecule has 2 aromatic carbocycles. The van der Waals surface area contributed by atoms with Gasteiger partial charge in [0.2, 0.25) is 0 Å². The van der Waals surface area contributed by atoms with E-state index in [9.17, 15) is 4.79 Å². The zero-order chi connectivity index (χ0) is 34.5. The molecular formula is C36H25BrCl2N8OS2. The molecule has 248 valence electrons. The third kappa shape index (κ3) is 6.40. The molecule has 0 bridgehead atoms. The van der Waals surface area contributed by atoms with Crippen LogP contribution in [0.2, 0.25) is 10.0 Å². The lowest BCUT2D eigenvalue weighted by atomic mass is 10.1. The summed E-state index contributed by atoms with van der Waals surface area (Å²) in [7, 11) is 0. The Morgan fingerprint density at radius 1 is 0.740 bits per heavy atom. The molecule has 50 heavy (non-hydrogen) atoms. The molecule has 8 aromatic rings. The van der Waals surface area contributed by atoms with E-state index in [1.165, 1.54) is 22.7 Å². The largest absolute Gasteiger partial charge is 0.332 e. The maximum Gasteiger partial charge on any atom is 0.188 e. The number of nitrogens with one attached hydrogen (secondary N) is 2. The second-order valence-electron chi connectivity index (χ2n) is 11.5. The molecule has 9 nitrogen and oxygen atoms in total. The van der Waals surface area contributed by atoms with Gasteiger partial charge in [-0.2, -0.15) is 0 Å². The minimum Gasteiger partial charge on any atom is -0.332 e. The number of pyridine rings is 2. The van der Waals surface area contributed by atoms with Crippen LogP contribution in [0.15, 0.2) is 95.0 Å². The second-order valence-corrected chi connectivity index (χ2v) is 15.2. The molecule has 0 saturated heterocycles. The van der Waals surface area contributed by atoms with Crippen molar-refractivity contribution in [1.29, 1.82) is 0 Å². The highest BCUT2D eigenvalue weighted by molar-refractivity contribution is 9.10. The van der Waals surface area contributed by atoms with Crippen molar-refractivity contribution in [3.63, 3.8) is 0 Å². The molecule has 6 aromatic heterocycles. The van der Waals surface area contributed by atoms with E-state index in [0.717, 1.165) is 66.3 Å². The highest BCUT2D eigenvalue weighted by Crippen LogP contribution is 2.37. The maximum atomic E-state index is 14.0. The van der Waals surface area contributed by atoms with Crippen LogP contribution >= 0.6 is 61.8 Å². The summed E-state index contributed by atoms with van der Waals surface area (Å²) in [5.41, 5.74) is 8.77. The molecular weight excluding hydrogens is 775 g/mol. The van der Waals surface area contributed by atoms with Gasteiger partial charge < -0.3 is 10.6 Å². The van der Waals surface area contributed by atoms with Crippen LogP contribution in [0.25, 0.3) is 34.1 Å². The van der Waals surface area contributed by atoms with Gasteiger partial charge >= 0.3 is 0 Å². The average Bonchev–Trinajstić information content (AvgIpc) is 3.86. The van der Waals surface area contributed by atoms with E-state index in [1.807, 2.05) is 101 Å². The number of nitrogens with zero attached hydrogens (tertiary/aromatic N) is 6. The first kappa shape index (κ1) is 32.6. The number of aromatic nitrogens is 6. The predicted molar refractivity (Wildman–Crippen MR) is 207 cm³/mol. The van der Waals surface area contributed by atoms with Gasteiger partial charge in [0, 0.05) is 40.0 Å². The SMILES string of the molecule is Cc1nc2ccc(Cl)cn2c1-c1csc(Nc2ccc(CC(=O)c3sc(Nc4ccc(Br)cc4)nc3-c3c(C)nc4ccc(Cl)cn34)cc2)n1. The summed E-state index contributed by atoms with van der Waals surface area (Å²) < 4.78 is 4.82. The van der Waals surface area contributed by atoms with Crippen molar-refractivity contribution in [2.45, 2.75) is 20.3 Å². The summed E-state index contributed by atoms with van der Waals surface area (Å²) >= 11 is 18.9. The lowest BCUT2D eigenvalue weighted by Crippen LogP contribution is -2.04. The van der Waals surface area contributed by atoms with Crippen LogP contribution in [-0.2, 0) is 6.42 Å². The fourth-order valence-corrected chi connectivity index (χ4v) is 8.01. The van der Waals surface area contributed by atoms with E-state index in [1.54, 1.807) is 12.3 Å². The Labute approximate surface area is 312 Å². The number of carbonyl (C=O) groups excluding carboxylic acids is 1. The number of halogens is 3. The van der Waals surface area contributed by atoms with Crippen LogP contribution in [-0.4, -0.2) is 34.5 Å². The van der Waals surface area contributed by atoms with Crippen LogP contribution in [0.3, 0.4) is 0 Å². The zero-order valence-corrected chi connectivity index (χ0v) is 31.1. The molecule has 2 N–H and O–H groups in total. The zero-order valence-electron chi connectivity index (χ0n) is 26.4. The van der Waals surface area contributed by atoms with Crippen molar-refractivity contribution in [2.75, 3.05) is 10.6 Å². The number of carbonyl (C=O) groups is 1. The van der Waals surface area contributed by atoms with E-state index in [2.05, 4.69) is 31.5 Å². The number of benzene rings is 2. The molecule has 0 aliphatic rings. The normalized spacial score (nSPS) is 11.5. The Bertz CT molecular complexity index is 2560. The number of rotatable bonds is 9. The number of Topliss-reactive ketones (excluding diaryl/α,β-unsaturated/α-hetero) is 1. The topological polar surface area (TPSA) is 102 Å². The van der Waals surface area contributed by atoms with Gasteiger partial charge in [-0.1, -0.05) is 62.6 Å². The van der Waals surface area contributed by atoms with Crippen molar-refractivity contribution in [2.24, 2.45) is 0 Å². The number of hydrogen-bond donors (Lipinski definition) is 2. The molecule has 0 aliphatic heterocycles. The third-order valence-corrected chi connectivity index (χ3v) is 10.8. The monoisotopic (exact) mass is 798 g/mol.